The molecule has 1 aromatic heterocycles. The lowest BCUT2D eigenvalue weighted by Gasteiger charge is -2.47. The molecule has 1 aromatic carbocycles. The van der Waals surface area contributed by atoms with E-state index < -0.39 is 23.8 Å². The zero-order chi connectivity index (χ0) is 28.0. The van der Waals surface area contributed by atoms with E-state index in [2.05, 4.69) is 40.6 Å². The number of aromatic nitrogens is 1. The number of carbonyl (C=O) groups excluding carboxylic acids is 2. The minimum Gasteiger partial charge on any atom is -0.503 e. The van der Waals surface area contributed by atoms with E-state index >= 15 is 0 Å². The van der Waals surface area contributed by atoms with Crippen molar-refractivity contribution in [3.8, 4) is 17.4 Å². The number of alkyl halides is 3. The average molecular weight is 548 g/mol. The van der Waals surface area contributed by atoms with Crippen molar-refractivity contribution in [3.63, 3.8) is 0 Å². The molecule has 0 atom stereocenters. The van der Waals surface area contributed by atoms with Crippen LogP contribution >= 0.6 is 0 Å². The van der Waals surface area contributed by atoms with E-state index in [1.165, 1.54) is 11.1 Å². The third-order valence-corrected chi connectivity index (χ3v) is 8.14. The summed E-state index contributed by atoms with van der Waals surface area (Å²) >= 11 is 0. The Morgan fingerprint density at radius 2 is 1.77 bits per heavy atom. The number of benzene rings is 1. The first-order valence-corrected chi connectivity index (χ1v) is 13.1. The lowest BCUT2D eigenvalue weighted by molar-refractivity contribution is -0.190. The number of esters is 1. The number of carbonyl (C=O) groups is 2. The summed E-state index contributed by atoms with van der Waals surface area (Å²) in [5.74, 6) is -3.58. The van der Waals surface area contributed by atoms with E-state index in [0.717, 1.165) is 69.8 Å². The Morgan fingerprint density at radius 1 is 1.10 bits per heavy atom. The lowest BCUT2D eigenvalue weighted by atomic mass is 9.71. The number of hydrogen-bond acceptors (Lipinski definition) is 7. The van der Waals surface area contributed by atoms with E-state index in [0.29, 0.717) is 13.1 Å². The van der Waals surface area contributed by atoms with Crippen LogP contribution in [0.1, 0.15) is 61.0 Å². The molecule has 4 heterocycles. The largest absolute Gasteiger partial charge is 0.503 e. The Bertz CT molecular complexity index is 1260. The molecular formula is C28H32F3N3O5. The zero-order valence-electron chi connectivity index (χ0n) is 22.0. The summed E-state index contributed by atoms with van der Waals surface area (Å²) in [4.78, 5) is 31.7. The van der Waals surface area contributed by atoms with Gasteiger partial charge in [0.05, 0.1) is 5.56 Å². The fourth-order valence-corrected chi connectivity index (χ4v) is 5.89. The maximum atomic E-state index is 13.0. The molecule has 39 heavy (non-hydrogen) atoms. The Morgan fingerprint density at radius 3 is 2.41 bits per heavy atom. The molecule has 2 aromatic rings. The van der Waals surface area contributed by atoms with Crippen LogP contribution in [-0.2, 0) is 17.8 Å². The number of pyridine rings is 1. The van der Waals surface area contributed by atoms with Gasteiger partial charge in [-0.1, -0.05) is 12.1 Å². The first-order chi connectivity index (χ1) is 18.3. The van der Waals surface area contributed by atoms with Crippen LogP contribution < -0.4 is 9.47 Å². The Hall–Kier alpha value is -3.34. The smallest absolute Gasteiger partial charge is 0.491 e. The fraction of sp³-hybridized carbons (Fsp3) is 0.536. The van der Waals surface area contributed by atoms with Gasteiger partial charge in [-0.25, -0.2) is 9.78 Å². The number of ether oxygens (including phenoxy) is 2. The number of piperidine rings is 2. The van der Waals surface area contributed by atoms with Gasteiger partial charge in [-0.05, 0) is 75.7 Å². The summed E-state index contributed by atoms with van der Waals surface area (Å²) in [7, 11) is 0. The van der Waals surface area contributed by atoms with Crippen molar-refractivity contribution in [1.29, 1.82) is 0 Å². The predicted molar refractivity (Wildman–Crippen MR) is 135 cm³/mol. The maximum absolute atomic E-state index is 13.0. The number of nitrogens with zero attached hydrogens (tertiary/aromatic N) is 3. The van der Waals surface area contributed by atoms with Crippen molar-refractivity contribution in [2.75, 3.05) is 26.2 Å². The van der Waals surface area contributed by atoms with Gasteiger partial charge in [0.15, 0.2) is 5.75 Å². The molecule has 0 aliphatic carbocycles. The molecule has 1 spiro atoms. The molecule has 5 rings (SSSR count). The molecule has 1 N–H and O–H groups in total. The number of likely N-dealkylation sites (tertiary alicyclic amines) is 2. The van der Waals surface area contributed by atoms with Crippen molar-refractivity contribution in [3.05, 3.63) is 47.2 Å². The van der Waals surface area contributed by atoms with Gasteiger partial charge in [0.1, 0.15) is 11.4 Å². The van der Waals surface area contributed by atoms with Gasteiger partial charge in [0.2, 0.25) is 0 Å². The highest BCUT2D eigenvalue weighted by molar-refractivity contribution is 5.94. The van der Waals surface area contributed by atoms with Crippen molar-refractivity contribution < 1.29 is 37.3 Å². The van der Waals surface area contributed by atoms with Crippen LogP contribution in [0.4, 0.5) is 13.2 Å². The molecule has 3 aliphatic rings. The van der Waals surface area contributed by atoms with Gasteiger partial charge in [-0.2, -0.15) is 13.2 Å². The topological polar surface area (TPSA) is 92.2 Å². The first kappa shape index (κ1) is 27.2. The van der Waals surface area contributed by atoms with Gasteiger partial charge in [0, 0.05) is 37.8 Å². The van der Waals surface area contributed by atoms with Crippen LogP contribution in [0.15, 0.2) is 30.5 Å². The highest BCUT2D eigenvalue weighted by Crippen LogP contribution is 2.43. The van der Waals surface area contributed by atoms with E-state index in [9.17, 15) is 27.9 Å². The molecular weight excluding hydrogens is 515 g/mol. The molecule has 0 unspecified atom stereocenters. The SMILES string of the molecule is CC1(C)Cc2c(CN3CCC4(CC3)CCN(C(=O)c3cnc(OC(=O)C(F)(F)F)c(O)c3)CC4)cccc2O1. The molecule has 2 fully saturated rings. The van der Waals surface area contributed by atoms with E-state index in [4.69, 9.17) is 4.74 Å². The number of halogens is 3. The van der Waals surface area contributed by atoms with Crippen LogP contribution in [0, 0.1) is 5.41 Å². The molecule has 0 saturated carbocycles. The summed E-state index contributed by atoms with van der Waals surface area (Å²) < 4.78 is 47.4. The molecule has 210 valence electrons. The maximum Gasteiger partial charge on any atom is 0.491 e. The second-order valence-electron chi connectivity index (χ2n) is 11.4. The monoisotopic (exact) mass is 547 g/mol. The Balaban J connectivity index is 1.14. The van der Waals surface area contributed by atoms with Crippen molar-refractivity contribution in [2.24, 2.45) is 5.41 Å². The highest BCUT2D eigenvalue weighted by Gasteiger charge is 2.42. The molecule has 11 heteroatoms. The van der Waals surface area contributed by atoms with Gasteiger partial charge >= 0.3 is 12.1 Å². The summed E-state index contributed by atoms with van der Waals surface area (Å²) in [6.45, 7) is 8.18. The normalized spacial score (nSPS) is 20.4. The second kappa shape index (κ2) is 10.0. The Labute approximate surface area is 224 Å². The second-order valence-corrected chi connectivity index (χ2v) is 11.4. The third-order valence-electron chi connectivity index (χ3n) is 8.14. The number of fused-ring (bicyclic) bond motifs is 1. The van der Waals surface area contributed by atoms with Crippen LogP contribution in [0.2, 0.25) is 0 Å². The predicted octanol–water partition coefficient (Wildman–Crippen LogP) is 4.49. The van der Waals surface area contributed by atoms with E-state index in [1.54, 1.807) is 4.90 Å². The van der Waals surface area contributed by atoms with E-state index in [-0.39, 0.29) is 22.5 Å². The van der Waals surface area contributed by atoms with Crippen LogP contribution in [0.3, 0.4) is 0 Å². The minimum absolute atomic E-state index is 0.0210. The summed E-state index contributed by atoms with van der Waals surface area (Å²) in [6, 6.07) is 7.27. The summed E-state index contributed by atoms with van der Waals surface area (Å²) in [5, 5.41) is 9.97. The average Bonchev–Trinajstić information content (AvgIpc) is 3.21. The fourth-order valence-electron chi connectivity index (χ4n) is 5.89. The number of amides is 1. The minimum atomic E-state index is -5.23. The van der Waals surface area contributed by atoms with Crippen molar-refractivity contribution >= 4 is 11.9 Å². The molecule has 8 nitrogen and oxygen atoms in total. The molecule has 0 bridgehead atoms. The van der Waals surface area contributed by atoms with Gasteiger partial charge in [-0.3, -0.25) is 9.69 Å². The summed E-state index contributed by atoms with van der Waals surface area (Å²) in [5.41, 5.74) is 2.65. The molecule has 3 aliphatic heterocycles. The number of hydrogen-bond donors (Lipinski definition) is 1. The first-order valence-electron chi connectivity index (χ1n) is 13.1. The molecule has 2 saturated heterocycles. The lowest BCUT2D eigenvalue weighted by Crippen LogP contribution is -2.48. The van der Waals surface area contributed by atoms with E-state index in [1.807, 2.05) is 6.07 Å². The van der Waals surface area contributed by atoms with Crippen LogP contribution in [0.5, 0.6) is 17.4 Å². The number of rotatable bonds is 4. The standard InChI is InChI=1S/C28H32F3N3O5/c1-26(2)15-20-18(4-3-5-22(20)39-26)17-33-10-6-27(7-11-33)8-12-34(13-9-27)24(36)19-14-21(35)23(32-16-19)38-25(37)28(29,30)31/h3-5,14,16,35H,6-13,15,17H2,1-2H3. The molecule has 0 radical (unpaired) electrons. The third kappa shape index (κ3) is 5.83. The Kier molecular flexibility index (Phi) is 6.98. The van der Waals surface area contributed by atoms with Gasteiger partial charge < -0.3 is 19.5 Å². The van der Waals surface area contributed by atoms with Crippen LogP contribution in [0.25, 0.3) is 0 Å². The zero-order valence-corrected chi connectivity index (χ0v) is 22.0. The quantitative estimate of drug-likeness (QED) is 0.564. The number of aromatic hydroxyl groups is 1. The van der Waals surface area contributed by atoms with Crippen LogP contribution in [-0.4, -0.2) is 69.7 Å². The molecule has 1 amide bonds. The van der Waals surface area contributed by atoms with Crippen molar-refractivity contribution in [1.82, 2.24) is 14.8 Å². The van der Waals surface area contributed by atoms with Crippen molar-refractivity contribution in [2.45, 2.75) is 64.3 Å². The van der Waals surface area contributed by atoms with Gasteiger partial charge in [0.25, 0.3) is 11.8 Å². The highest BCUT2D eigenvalue weighted by atomic mass is 19.4. The van der Waals surface area contributed by atoms with Gasteiger partial charge in [-0.15, -0.1) is 0 Å². The summed E-state index contributed by atoms with van der Waals surface area (Å²) in [6.07, 6.45) is 0.509.